The van der Waals surface area contributed by atoms with Gasteiger partial charge in [-0.1, -0.05) is 0 Å². The minimum absolute atomic E-state index is 0.0415. The van der Waals surface area contributed by atoms with Crippen molar-refractivity contribution in [3.8, 4) is 0 Å². The number of carbonyl (C=O) groups excluding carboxylic acids is 1. The summed E-state index contributed by atoms with van der Waals surface area (Å²) in [6.45, 7) is 1.80. The Bertz CT molecular complexity index is 490. The summed E-state index contributed by atoms with van der Waals surface area (Å²) in [5, 5.41) is 8.66. The number of likely N-dealkylation sites (tertiary alicyclic amines) is 1. The normalized spacial score (nSPS) is 22.6. The third-order valence-corrected chi connectivity index (χ3v) is 5.31. The molecule has 2 aliphatic rings. The van der Waals surface area contributed by atoms with Gasteiger partial charge in [-0.3, -0.25) is 9.59 Å². The lowest BCUT2D eigenvalue weighted by Gasteiger charge is -2.41. The molecule has 0 radical (unpaired) electrons. The van der Waals surface area contributed by atoms with Crippen LogP contribution in [0, 0.1) is 11.8 Å². The van der Waals surface area contributed by atoms with Crippen molar-refractivity contribution < 1.29 is 23.1 Å². The maximum Gasteiger partial charge on any atom is 0.303 e. The Balaban J connectivity index is 1.78. The molecule has 0 unspecified atom stereocenters. The van der Waals surface area contributed by atoms with Crippen molar-refractivity contribution in [1.82, 2.24) is 9.21 Å². The molecule has 20 heavy (non-hydrogen) atoms. The van der Waals surface area contributed by atoms with E-state index in [1.54, 1.807) is 4.90 Å². The standard InChI is InChI=1S/C12H20N2O5S/c1-20(18,19)14-4-2-10(3-5-14)12(17)13-7-9(8-13)6-11(15)16/h9-10H,2-8H2,1H3,(H,15,16). The SMILES string of the molecule is CS(=O)(=O)N1CCC(C(=O)N2CC(CC(=O)O)C2)CC1. The van der Waals surface area contributed by atoms with Crippen LogP contribution in [-0.2, 0) is 19.6 Å². The molecule has 0 spiro atoms. The number of piperidine rings is 1. The molecule has 2 heterocycles. The van der Waals surface area contributed by atoms with Gasteiger partial charge in [0.05, 0.1) is 12.7 Å². The molecule has 0 saturated carbocycles. The molecule has 2 rings (SSSR count). The van der Waals surface area contributed by atoms with Crippen LogP contribution in [0.15, 0.2) is 0 Å². The second kappa shape index (κ2) is 5.69. The molecule has 2 fully saturated rings. The summed E-state index contributed by atoms with van der Waals surface area (Å²) in [4.78, 5) is 24.4. The highest BCUT2D eigenvalue weighted by atomic mass is 32.2. The van der Waals surface area contributed by atoms with E-state index in [0.717, 1.165) is 0 Å². The van der Waals surface area contributed by atoms with E-state index >= 15 is 0 Å². The number of sulfonamides is 1. The first-order valence-corrected chi connectivity index (χ1v) is 8.58. The Labute approximate surface area is 118 Å². The largest absolute Gasteiger partial charge is 0.481 e. The molecular weight excluding hydrogens is 284 g/mol. The summed E-state index contributed by atoms with van der Waals surface area (Å²) in [5.41, 5.74) is 0. The van der Waals surface area contributed by atoms with Gasteiger partial charge in [0, 0.05) is 38.0 Å². The van der Waals surface area contributed by atoms with Crippen molar-refractivity contribution in [2.24, 2.45) is 11.8 Å². The van der Waals surface area contributed by atoms with E-state index in [1.165, 1.54) is 10.6 Å². The number of hydrogen-bond acceptors (Lipinski definition) is 4. The minimum Gasteiger partial charge on any atom is -0.481 e. The van der Waals surface area contributed by atoms with Gasteiger partial charge in [0.15, 0.2) is 0 Å². The number of carboxylic acid groups (broad SMARTS) is 1. The van der Waals surface area contributed by atoms with Gasteiger partial charge in [-0.25, -0.2) is 12.7 Å². The Morgan fingerprint density at radius 3 is 2.20 bits per heavy atom. The van der Waals surface area contributed by atoms with Gasteiger partial charge in [0.1, 0.15) is 0 Å². The van der Waals surface area contributed by atoms with Crippen molar-refractivity contribution in [3.63, 3.8) is 0 Å². The molecular formula is C12H20N2O5S. The summed E-state index contributed by atoms with van der Waals surface area (Å²) in [6.07, 6.45) is 2.38. The lowest BCUT2D eigenvalue weighted by Crippen LogP contribution is -2.54. The van der Waals surface area contributed by atoms with E-state index in [0.29, 0.717) is 39.0 Å². The lowest BCUT2D eigenvalue weighted by molar-refractivity contribution is -0.148. The molecule has 0 aromatic rings. The van der Waals surface area contributed by atoms with Gasteiger partial charge in [0.25, 0.3) is 0 Å². The first kappa shape index (κ1) is 15.2. The number of aliphatic carboxylic acids is 1. The van der Waals surface area contributed by atoms with Crippen molar-refractivity contribution in [1.29, 1.82) is 0 Å². The zero-order valence-electron chi connectivity index (χ0n) is 11.5. The molecule has 0 atom stereocenters. The smallest absolute Gasteiger partial charge is 0.303 e. The highest BCUT2D eigenvalue weighted by Gasteiger charge is 2.37. The number of rotatable bonds is 4. The van der Waals surface area contributed by atoms with Gasteiger partial charge in [-0.15, -0.1) is 0 Å². The van der Waals surface area contributed by atoms with Crippen LogP contribution >= 0.6 is 0 Å². The minimum atomic E-state index is -3.17. The highest BCUT2D eigenvalue weighted by Crippen LogP contribution is 2.26. The van der Waals surface area contributed by atoms with Crippen molar-refractivity contribution in [2.45, 2.75) is 19.3 Å². The molecule has 7 nitrogen and oxygen atoms in total. The van der Waals surface area contributed by atoms with E-state index in [4.69, 9.17) is 5.11 Å². The van der Waals surface area contributed by atoms with Gasteiger partial charge >= 0.3 is 5.97 Å². The topological polar surface area (TPSA) is 95.0 Å². The number of nitrogens with zero attached hydrogens (tertiary/aromatic N) is 2. The number of carbonyl (C=O) groups is 2. The van der Waals surface area contributed by atoms with Crippen molar-refractivity contribution in [2.75, 3.05) is 32.4 Å². The first-order chi connectivity index (χ1) is 9.27. The molecule has 114 valence electrons. The molecule has 2 saturated heterocycles. The first-order valence-electron chi connectivity index (χ1n) is 6.73. The van der Waals surface area contributed by atoms with E-state index in [1.807, 2.05) is 0 Å². The molecule has 8 heteroatoms. The third kappa shape index (κ3) is 3.49. The fourth-order valence-corrected chi connectivity index (χ4v) is 3.69. The molecule has 1 amide bonds. The van der Waals surface area contributed by atoms with E-state index in [-0.39, 0.29) is 24.2 Å². The number of hydrogen-bond donors (Lipinski definition) is 1. The average molecular weight is 304 g/mol. The van der Waals surface area contributed by atoms with Crippen LogP contribution in [0.25, 0.3) is 0 Å². The average Bonchev–Trinajstić information content (AvgIpc) is 2.31. The van der Waals surface area contributed by atoms with Gasteiger partial charge < -0.3 is 10.0 Å². The second-order valence-corrected chi connectivity index (χ2v) is 7.63. The van der Waals surface area contributed by atoms with Crippen LogP contribution in [0.4, 0.5) is 0 Å². The van der Waals surface area contributed by atoms with E-state index in [2.05, 4.69) is 0 Å². The lowest BCUT2D eigenvalue weighted by atomic mass is 9.91. The number of carboxylic acids is 1. The molecule has 0 aliphatic carbocycles. The summed E-state index contributed by atoms with van der Waals surface area (Å²) in [6, 6.07) is 0. The molecule has 1 N–H and O–H groups in total. The van der Waals surface area contributed by atoms with E-state index < -0.39 is 16.0 Å². The Morgan fingerprint density at radius 1 is 1.20 bits per heavy atom. The predicted molar refractivity (Wildman–Crippen MR) is 71.5 cm³/mol. The fraction of sp³-hybridized carbons (Fsp3) is 0.833. The highest BCUT2D eigenvalue weighted by molar-refractivity contribution is 7.88. The van der Waals surface area contributed by atoms with Gasteiger partial charge in [0.2, 0.25) is 15.9 Å². The van der Waals surface area contributed by atoms with Crippen LogP contribution in [0.5, 0.6) is 0 Å². The Kier molecular flexibility index (Phi) is 4.33. The summed E-state index contributed by atoms with van der Waals surface area (Å²) < 4.78 is 24.2. The summed E-state index contributed by atoms with van der Waals surface area (Å²) in [5.74, 6) is -0.852. The second-order valence-electron chi connectivity index (χ2n) is 5.64. The van der Waals surface area contributed by atoms with Crippen LogP contribution in [0.3, 0.4) is 0 Å². The van der Waals surface area contributed by atoms with Crippen LogP contribution in [-0.4, -0.2) is 67.0 Å². The zero-order chi connectivity index (χ0) is 14.9. The van der Waals surface area contributed by atoms with Crippen LogP contribution in [0.2, 0.25) is 0 Å². The molecule has 0 aromatic heterocycles. The Morgan fingerprint density at radius 2 is 1.75 bits per heavy atom. The quantitative estimate of drug-likeness (QED) is 0.762. The monoisotopic (exact) mass is 304 g/mol. The fourth-order valence-electron chi connectivity index (χ4n) is 2.82. The summed E-state index contributed by atoms with van der Waals surface area (Å²) in [7, 11) is -3.17. The van der Waals surface area contributed by atoms with Gasteiger partial charge in [-0.2, -0.15) is 0 Å². The Hall–Kier alpha value is -1.15. The molecule has 0 bridgehead atoms. The maximum atomic E-state index is 12.2. The van der Waals surface area contributed by atoms with Crippen LogP contribution in [0.1, 0.15) is 19.3 Å². The predicted octanol–water partition coefficient (Wildman–Crippen LogP) is -0.409. The van der Waals surface area contributed by atoms with Crippen molar-refractivity contribution in [3.05, 3.63) is 0 Å². The summed E-state index contributed by atoms with van der Waals surface area (Å²) >= 11 is 0. The van der Waals surface area contributed by atoms with E-state index in [9.17, 15) is 18.0 Å². The van der Waals surface area contributed by atoms with Gasteiger partial charge in [-0.05, 0) is 12.8 Å². The zero-order valence-corrected chi connectivity index (χ0v) is 12.3. The maximum absolute atomic E-state index is 12.2. The van der Waals surface area contributed by atoms with Crippen LogP contribution < -0.4 is 0 Å². The van der Waals surface area contributed by atoms with Crippen molar-refractivity contribution >= 4 is 21.9 Å². The third-order valence-electron chi connectivity index (χ3n) is 4.00. The molecule has 2 aliphatic heterocycles. The molecule has 0 aromatic carbocycles. The number of amides is 1.